The quantitative estimate of drug-likeness (QED) is 0.604. The van der Waals surface area contributed by atoms with Gasteiger partial charge < -0.3 is 4.90 Å². The molecule has 2 N–H and O–H groups in total. The normalized spacial score (nSPS) is 14.4. The van der Waals surface area contributed by atoms with Crippen LogP contribution in [0.3, 0.4) is 0 Å². The topological polar surface area (TPSA) is 36.9 Å². The minimum atomic E-state index is 0.137. The van der Waals surface area contributed by atoms with Gasteiger partial charge in [-0.15, -0.1) is 12.6 Å². The molecule has 0 saturated carbocycles. The molecule has 3 nitrogen and oxygen atoms in total. The van der Waals surface area contributed by atoms with E-state index in [0.29, 0.717) is 6.54 Å². The van der Waals surface area contributed by atoms with Crippen LogP contribution in [0.25, 0.3) is 0 Å². The van der Waals surface area contributed by atoms with Crippen LogP contribution in [0.15, 0.2) is 41.4 Å². The Hall–Kier alpha value is -1.26. The third kappa shape index (κ3) is 3.12. The number of quaternary nitrogens is 1. The van der Waals surface area contributed by atoms with Crippen LogP contribution in [-0.2, 0) is 4.79 Å². The van der Waals surface area contributed by atoms with Crippen LogP contribution < -0.4 is 5.32 Å². The molecule has 0 atom stereocenters. The third-order valence-corrected chi connectivity index (χ3v) is 2.78. The molecule has 0 bridgehead atoms. The number of benzene rings is 1. The summed E-state index contributed by atoms with van der Waals surface area (Å²) in [5, 5.41) is 1.68. The van der Waals surface area contributed by atoms with Gasteiger partial charge >= 0.3 is 5.91 Å². The van der Waals surface area contributed by atoms with Crippen molar-refractivity contribution in [3.8, 4) is 0 Å². The molecule has 0 radical (unpaired) electrons. The molecular weight excluding hydrogens is 220 g/mol. The lowest BCUT2D eigenvalue weighted by atomic mass is 10.3. The Kier molecular flexibility index (Phi) is 3.64. The van der Waals surface area contributed by atoms with Gasteiger partial charge in [0.2, 0.25) is 0 Å². The summed E-state index contributed by atoms with van der Waals surface area (Å²) in [6.45, 7) is 1.42. The van der Waals surface area contributed by atoms with Crippen molar-refractivity contribution in [1.82, 2.24) is 4.90 Å². The van der Waals surface area contributed by atoms with Gasteiger partial charge in [0.05, 0.1) is 0 Å². The van der Waals surface area contributed by atoms with Crippen LogP contribution in [0, 0.1) is 0 Å². The lowest BCUT2D eigenvalue weighted by Gasteiger charge is -2.11. The number of hydrogen-bond donors (Lipinski definition) is 2. The van der Waals surface area contributed by atoms with Gasteiger partial charge in [0.1, 0.15) is 12.2 Å². The zero-order valence-corrected chi connectivity index (χ0v) is 9.86. The number of amides is 1. The molecule has 1 heterocycles. The van der Waals surface area contributed by atoms with E-state index < -0.39 is 0 Å². The van der Waals surface area contributed by atoms with Crippen LogP contribution in [0.1, 0.15) is 6.42 Å². The highest BCUT2D eigenvalue weighted by atomic mass is 32.1. The molecule has 0 fully saturated rings. The Bertz CT molecular complexity index is 400. The molecule has 1 aromatic rings. The predicted octanol–water partition coefficient (Wildman–Crippen LogP) is 0.916. The molecule has 1 aliphatic heterocycles. The molecule has 4 heteroatoms. The van der Waals surface area contributed by atoms with Gasteiger partial charge in [0, 0.05) is 23.6 Å². The highest BCUT2D eigenvalue weighted by Crippen LogP contribution is 2.07. The molecule has 1 amide bonds. The smallest absolute Gasteiger partial charge is 0.334 e. The van der Waals surface area contributed by atoms with Crippen molar-refractivity contribution < 1.29 is 10.1 Å². The molecule has 0 aliphatic carbocycles. The van der Waals surface area contributed by atoms with Crippen LogP contribution in [0.5, 0.6) is 0 Å². The first-order valence-corrected chi connectivity index (χ1v) is 5.76. The monoisotopic (exact) mass is 235 g/mol. The minimum Gasteiger partial charge on any atom is -0.365 e. The maximum Gasteiger partial charge on any atom is 0.334 e. The van der Waals surface area contributed by atoms with Gasteiger partial charge in [-0.25, -0.2) is 10.1 Å². The van der Waals surface area contributed by atoms with Crippen LogP contribution >= 0.6 is 12.6 Å². The second-order valence-corrected chi connectivity index (χ2v) is 4.36. The summed E-state index contributed by atoms with van der Waals surface area (Å²) >= 11 is 4.20. The Morgan fingerprint density at radius 1 is 1.38 bits per heavy atom. The zero-order chi connectivity index (χ0) is 11.4. The first-order valence-electron chi connectivity index (χ1n) is 5.31. The molecular formula is C12H15N2OS+. The second kappa shape index (κ2) is 5.18. The van der Waals surface area contributed by atoms with E-state index >= 15 is 0 Å². The number of thiol groups is 1. The third-order valence-electron chi connectivity index (χ3n) is 2.48. The maximum atomic E-state index is 11.7. The Labute approximate surface area is 101 Å². The summed E-state index contributed by atoms with van der Waals surface area (Å²) in [7, 11) is 0. The summed E-state index contributed by atoms with van der Waals surface area (Å²) in [6, 6.07) is 7.58. The highest BCUT2D eigenvalue weighted by Gasteiger charge is 2.13. The van der Waals surface area contributed by atoms with Gasteiger partial charge in [-0.1, -0.05) is 6.08 Å². The molecule has 1 aliphatic rings. The van der Waals surface area contributed by atoms with Gasteiger partial charge in [-0.05, 0) is 24.8 Å². The fourth-order valence-electron chi connectivity index (χ4n) is 1.67. The van der Waals surface area contributed by atoms with E-state index in [0.717, 1.165) is 23.5 Å². The van der Waals surface area contributed by atoms with E-state index in [1.807, 2.05) is 35.4 Å². The lowest BCUT2D eigenvalue weighted by Crippen LogP contribution is -2.84. The minimum absolute atomic E-state index is 0.137. The molecule has 0 unspecified atom stereocenters. The van der Waals surface area contributed by atoms with E-state index in [1.165, 1.54) is 0 Å². The molecule has 84 valence electrons. The number of hydrogen-bond acceptors (Lipinski definition) is 3. The lowest BCUT2D eigenvalue weighted by molar-refractivity contribution is -0.483. The van der Waals surface area contributed by atoms with Crippen LogP contribution in [0.2, 0.25) is 0 Å². The maximum absolute atomic E-state index is 11.7. The largest absolute Gasteiger partial charge is 0.365 e. The average Bonchev–Trinajstić information content (AvgIpc) is 2.74. The summed E-state index contributed by atoms with van der Waals surface area (Å²) < 4.78 is 0. The first kappa shape index (κ1) is 11.2. The van der Waals surface area contributed by atoms with E-state index in [1.54, 1.807) is 5.32 Å². The van der Waals surface area contributed by atoms with E-state index in [9.17, 15) is 4.79 Å². The van der Waals surface area contributed by atoms with Crippen molar-refractivity contribution >= 4 is 24.2 Å². The Balaban J connectivity index is 1.86. The van der Waals surface area contributed by atoms with Crippen molar-refractivity contribution in [3.63, 3.8) is 0 Å². The van der Waals surface area contributed by atoms with E-state index in [-0.39, 0.29) is 5.91 Å². The molecule has 2 rings (SSSR count). The molecule has 0 aromatic heterocycles. The van der Waals surface area contributed by atoms with Crippen molar-refractivity contribution in [3.05, 3.63) is 36.5 Å². The van der Waals surface area contributed by atoms with Gasteiger partial charge in [0.15, 0.2) is 0 Å². The summed E-state index contributed by atoms with van der Waals surface area (Å²) in [4.78, 5) is 14.6. The number of nitrogens with zero attached hydrogens (tertiary/aromatic N) is 1. The van der Waals surface area contributed by atoms with Crippen LogP contribution in [0.4, 0.5) is 5.69 Å². The van der Waals surface area contributed by atoms with Gasteiger partial charge in [-0.2, -0.15) is 0 Å². The fourth-order valence-corrected chi connectivity index (χ4v) is 1.82. The van der Waals surface area contributed by atoms with Gasteiger partial charge in [-0.3, -0.25) is 0 Å². The van der Waals surface area contributed by atoms with E-state index in [2.05, 4.69) is 18.7 Å². The molecule has 16 heavy (non-hydrogen) atoms. The Morgan fingerprint density at radius 3 is 2.75 bits per heavy atom. The van der Waals surface area contributed by atoms with Crippen molar-refractivity contribution in [2.45, 2.75) is 11.3 Å². The number of nitrogens with two attached hydrogens (primary N) is 1. The predicted molar refractivity (Wildman–Crippen MR) is 65.6 cm³/mol. The fraction of sp³-hybridized carbons (Fsp3) is 0.250. The van der Waals surface area contributed by atoms with Gasteiger partial charge in [0.25, 0.3) is 0 Å². The average molecular weight is 235 g/mol. The molecule has 1 aromatic carbocycles. The SMILES string of the molecule is O=C(CN1C=CCC1)[NH2+]c1ccc(S)cc1. The van der Waals surface area contributed by atoms with Crippen molar-refractivity contribution in [2.24, 2.45) is 0 Å². The summed E-state index contributed by atoms with van der Waals surface area (Å²) in [5.41, 5.74) is 0.936. The highest BCUT2D eigenvalue weighted by molar-refractivity contribution is 7.80. The Morgan fingerprint density at radius 2 is 2.12 bits per heavy atom. The number of primary amides is 1. The second-order valence-electron chi connectivity index (χ2n) is 3.85. The van der Waals surface area contributed by atoms with Crippen LogP contribution in [-0.4, -0.2) is 23.9 Å². The number of carbonyl (C=O) groups excluding carboxylic acids is 1. The standard InChI is InChI=1S/C12H14N2OS/c15-12(9-14-7-1-2-8-14)13-10-3-5-11(16)6-4-10/h1,3-7,16H,2,8-9H2,(H,13,15)/p+1. The summed E-state index contributed by atoms with van der Waals surface area (Å²) in [5.74, 6) is 0.137. The van der Waals surface area contributed by atoms with Crippen molar-refractivity contribution in [2.75, 3.05) is 13.1 Å². The summed E-state index contributed by atoms with van der Waals surface area (Å²) in [6.07, 6.45) is 5.12. The number of rotatable bonds is 3. The van der Waals surface area contributed by atoms with E-state index in [4.69, 9.17) is 0 Å². The number of carbonyl (C=O) groups is 1. The first-order chi connectivity index (χ1) is 7.74. The molecule has 0 spiro atoms. The van der Waals surface area contributed by atoms with Crippen molar-refractivity contribution in [1.29, 1.82) is 0 Å². The molecule has 0 saturated heterocycles. The zero-order valence-electron chi connectivity index (χ0n) is 8.97.